The number of ether oxygens (including phenoxy) is 2. The maximum absolute atomic E-state index is 12.8. The molecule has 0 aliphatic rings. The van der Waals surface area contributed by atoms with Gasteiger partial charge in [0.15, 0.2) is 10.9 Å². The van der Waals surface area contributed by atoms with E-state index in [0.29, 0.717) is 0 Å². The normalized spacial score (nSPS) is 10.4. The number of methoxy groups -OCH3 is 2. The number of hydrogen-bond acceptors (Lipinski definition) is 4. The van der Waals surface area contributed by atoms with Crippen molar-refractivity contribution in [1.82, 2.24) is 4.98 Å². The van der Waals surface area contributed by atoms with Crippen LogP contribution < -0.4 is 4.74 Å². The van der Waals surface area contributed by atoms with Gasteiger partial charge in [-0.3, -0.25) is 0 Å². The number of esters is 1. The first-order chi connectivity index (χ1) is 7.52. The Kier molecular flexibility index (Phi) is 4.00. The van der Waals surface area contributed by atoms with Crippen LogP contribution >= 0.6 is 11.6 Å². The van der Waals surface area contributed by atoms with Gasteiger partial charge >= 0.3 is 5.97 Å². The van der Waals surface area contributed by atoms with E-state index in [1.807, 2.05) is 0 Å². The molecule has 0 N–H and O–H groups in total. The Labute approximate surface area is 95.1 Å². The third-order valence-electron chi connectivity index (χ3n) is 1.86. The average molecular weight is 252 g/mol. The number of carbonyl (C=O) groups is 1. The lowest BCUT2D eigenvalue weighted by Crippen LogP contribution is -2.09. The van der Waals surface area contributed by atoms with Crippen LogP contribution in [0.2, 0.25) is 5.15 Å². The van der Waals surface area contributed by atoms with Crippen molar-refractivity contribution in [3.63, 3.8) is 0 Å². The van der Waals surface area contributed by atoms with Gasteiger partial charge in [0.25, 0.3) is 6.43 Å². The summed E-state index contributed by atoms with van der Waals surface area (Å²) in [6.07, 6.45) is -1.98. The Balaban J connectivity index is 3.45. The summed E-state index contributed by atoms with van der Waals surface area (Å²) in [4.78, 5) is 14.8. The number of nitrogens with zero attached hydrogens (tertiary/aromatic N) is 1. The van der Waals surface area contributed by atoms with E-state index in [4.69, 9.17) is 16.3 Å². The molecule has 0 bridgehead atoms. The van der Waals surface area contributed by atoms with Crippen LogP contribution in [0.3, 0.4) is 0 Å². The summed E-state index contributed by atoms with van der Waals surface area (Å²) >= 11 is 5.57. The number of aromatic nitrogens is 1. The van der Waals surface area contributed by atoms with Crippen molar-refractivity contribution < 1.29 is 23.0 Å². The zero-order valence-corrected chi connectivity index (χ0v) is 9.22. The molecular weight excluding hydrogens is 244 g/mol. The minimum Gasteiger partial charge on any atom is -0.493 e. The van der Waals surface area contributed by atoms with Gasteiger partial charge in [0.1, 0.15) is 0 Å². The molecule has 0 fully saturated rings. The summed E-state index contributed by atoms with van der Waals surface area (Å²) in [5.41, 5.74) is -0.979. The molecule has 1 aromatic rings. The van der Waals surface area contributed by atoms with Gasteiger partial charge in [0.2, 0.25) is 0 Å². The number of pyridine rings is 1. The molecule has 1 aromatic heterocycles. The molecule has 0 amide bonds. The average Bonchev–Trinajstić information content (AvgIpc) is 2.27. The summed E-state index contributed by atoms with van der Waals surface area (Å²) < 4.78 is 34.6. The van der Waals surface area contributed by atoms with Crippen LogP contribution in [0.5, 0.6) is 5.75 Å². The van der Waals surface area contributed by atoms with Crippen LogP contribution in [0, 0.1) is 0 Å². The highest BCUT2D eigenvalue weighted by molar-refractivity contribution is 6.31. The van der Waals surface area contributed by atoms with E-state index in [-0.39, 0.29) is 16.5 Å². The highest BCUT2D eigenvalue weighted by Crippen LogP contribution is 2.36. The Hall–Kier alpha value is -1.43. The van der Waals surface area contributed by atoms with Gasteiger partial charge in [-0.2, -0.15) is 0 Å². The number of hydrogen-bond donors (Lipinski definition) is 0. The summed E-state index contributed by atoms with van der Waals surface area (Å²) in [7, 11) is 2.24. The van der Waals surface area contributed by atoms with E-state index in [9.17, 15) is 13.6 Å². The van der Waals surface area contributed by atoms with E-state index in [1.54, 1.807) is 0 Å². The second kappa shape index (κ2) is 5.07. The van der Waals surface area contributed by atoms with Crippen LogP contribution in [-0.4, -0.2) is 25.2 Å². The molecule has 0 unspecified atom stereocenters. The molecule has 4 nitrogen and oxygen atoms in total. The smallest absolute Gasteiger partial charge is 0.340 e. The number of alkyl halides is 2. The molecule has 0 saturated heterocycles. The Morgan fingerprint density at radius 1 is 1.50 bits per heavy atom. The molecule has 0 aliphatic carbocycles. The second-order valence-electron chi connectivity index (χ2n) is 2.70. The van der Waals surface area contributed by atoms with E-state index in [2.05, 4.69) is 9.72 Å². The van der Waals surface area contributed by atoms with Crippen LogP contribution in [0.15, 0.2) is 6.20 Å². The van der Waals surface area contributed by atoms with E-state index in [0.717, 1.165) is 20.4 Å². The molecule has 0 radical (unpaired) electrons. The van der Waals surface area contributed by atoms with Gasteiger partial charge in [-0.1, -0.05) is 11.6 Å². The molecule has 0 aliphatic heterocycles. The maximum Gasteiger partial charge on any atom is 0.340 e. The fourth-order valence-corrected chi connectivity index (χ4v) is 1.39. The van der Waals surface area contributed by atoms with Crippen molar-refractivity contribution in [3.8, 4) is 5.75 Å². The minimum absolute atomic E-state index is 0.231. The first kappa shape index (κ1) is 12.6. The number of rotatable bonds is 3. The molecule has 0 spiro atoms. The third-order valence-corrected chi connectivity index (χ3v) is 2.13. The first-order valence-corrected chi connectivity index (χ1v) is 4.49. The summed E-state index contributed by atoms with van der Waals surface area (Å²) in [6.45, 7) is 0. The number of carbonyl (C=O) groups excluding carboxylic acids is 1. The predicted molar refractivity (Wildman–Crippen MR) is 52.1 cm³/mol. The van der Waals surface area contributed by atoms with Gasteiger partial charge in [-0.25, -0.2) is 18.6 Å². The summed E-state index contributed by atoms with van der Waals surface area (Å²) in [5, 5.41) is -0.231. The van der Waals surface area contributed by atoms with Crippen molar-refractivity contribution in [2.45, 2.75) is 6.43 Å². The zero-order valence-electron chi connectivity index (χ0n) is 8.46. The lowest BCUT2D eigenvalue weighted by molar-refractivity contribution is 0.0587. The van der Waals surface area contributed by atoms with E-state index >= 15 is 0 Å². The van der Waals surface area contributed by atoms with Gasteiger partial charge < -0.3 is 9.47 Å². The highest BCUT2D eigenvalue weighted by atomic mass is 35.5. The molecule has 88 valence electrons. The summed E-state index contributed by atoms with van der Waals surface area (Å²) in [5.74, 6) is -1.24. The van der Waals surface area contributed by atoms with Crippen LogP contribution in [0.25, 0.3) is 0 Å². The molecule has 1 rings (SSSR count). The highest BCUT2D eigenvalue weighted by Gasteiger charge is 2.26. The standard InChI is InChI=1S/C9H8ClF2NO3/c1-15-6-5(8(11)12)4(9(14)16-2)3-13-7(6)10/h3,8H,1-2H3. The topological polar surface area (TPSA) is 48.4 Å². The lowest BCUT2D eigenvalue weighted by atomic mass is 10.1. The SMILES string of the molecule is COC(=O)c1cnc(Cl)c(OC)c1C(F)F. The molecule has 0 aromatic carbocycles. The van der Waals surface area contributed by atoms with Crippen molar-refractivity contribution in [1.29, 1.82) is 0 Å². The van der Waals surface area contributed by atoms with Crippen LogP contribution in [0.1, 0.15) is 22.3 Å². The molecule has 7 heteroatoms. The first-order valence-electron chi connectivity index (χ1n) is 4.11. The molecular formula is C9H8ClF2NO3. The quantitative estimate of drug-likeness (QED) is 0.612. The molecule has 0 saturated carbocycles. The van der Waals surface area contributed by atoms with E-state index < -0.39 is 18.0 Å². The Bertz CT molecular complexity index is 412. The Morgan fingerprint density at radius 3 is 2.56 bits per heavy atom. The van der Waals surface area contributed by atoms with E-state index in [1.165, 1.54) is 0 Å². The van der Waals surface area contributed by atoms with Gasteiger partial charge in [0, 0.05) is 6.20 Å². The molecule has 0 atom stereocenters. The summed E-state index contributed by atoms with van der Waals surface area (Å²) in [6, 6.07) is 0. The molecule has 16 heavy (non-hydrogen) atoms. The van der Waals surface area contributed by atoms with Gasteiger partial charge in [-0.05, 0) is 0 Å². The van der Waals surface area contributed by atoms with Gasteiger partial charge in [0.05, 0.1) is 25.3 Å². The zero-order chi connectivity index (χ0) is 12.3. The predicted octanol–water partition coefficient (Wildman–Crippen LogP) is 2.47. The van der Waals surface area contributed by atoms with Gasteiger partial charge in [-0.15, -0.1) is 0 Å². The van der Waals surface area contributed by atoms with Crippen molar-refractivity contribution >= 4 is 17.6 Å². The lowest BCUT2D eigenvalue weighted by Gasteiger charge is -2.12. The number of halogens is 3. The third kappa shape index (κ3) is 2.21. The second-order valence-corrected chi connectivity index (χ2v) is 3.06. The van der Waals surface area contributed by atoms with Crippen molar-refractivity contribution in [2.75, 3.05) is 14.2 Å². The largest absolute Gasteiger partial charge is 0.493 e. The van der Waals surface area contributed by atoms with Crippen LogP contribution in [0.4, 0.5) is 8.78 Å². The fourth-order valence-electron chi connectivity index (χ4n) is 1.17. The van der Waals surface area contributed by atoms with Crippen molar-refractivity contribution in [2.24, 2.45) is 0 Å². The fraction of sp³-hybridized carbons (Fsp3) is 0.333. The monoisotopic (exact) mass is 251 g/mol. The Morgan fingerprint density at radius 2 is 2.12 bits per heavy atom. The minimum atomic E-state index is -2.91. The van der Waals surface area contributed by atoms with Crippen molar-refractivity contribution in [3.05, 3.63) is 22.5 Å². The van der Waals surface area contributed by atoms with Crippen LogP contribution in [-0.2, 0) is 4.74 Å². The molecule has 1 heterocycles. The maximum atomic E-state index is 12.8.